The number of carbonyl (C=O) groups is 1. The number of hydrogen-bond acceptors (Lipinski definition) is 5. The molecule has 0 aliphatic carbocycles. The summed E-state index contributed by atoms with van der Waals surface area (Å²) in [4.78, 5) is 28.2. The molecule has 0 radical (unpaired) electrons. The van der Waals surface area contributed by atoms with E-state index in [9.17, 15) is 4.79 Å². The Morgan fingerprint density at radius 3 is 2.40 bits per heavy atom. The van der Waals surface area contributed by atoms with Crippen LogP contribution in [0, 0.1) is 11.8 Å². The minimum Gasteiger partial charge on any atom is -0.367 e. The van der Waals surface area contributed by atoms with Gasteiger partial charge >= 0.3 is 0 Å². The fraction of sp³-hybridized carbons (Fsp3) is 0.542. The van der Waals surface area contributed by atoms with Gasteiger partial charge in [0.2, 0.25) is 5.91 Å². The molecule has 4 rings (SSSR count). The van der Waals surface area contributed by atoms with Gasteiger partial charge in [-0.05, 0) is 43.6 Å². The number of benzene rings is 1. The van der Waals surface area contributed by atoms with Crippen LogP contribution < -0.4 is 9.80 Å². The van der Waals surface area contributed by atoms with Gasteiger partial charge in [-0.2, -0.15) is 0 Å². The van der Waals surface area contributed by atoms with E-state index in [1.54, 1.807) is 6.33 Å². The van der Waals surface area contributed by atoms with Crippen LogP contribution in [0.5, 0.6) is 0 Å². The van der Waals surface area contributed by atoms with Crippen molar-refractivity contribution >= 4 is 17.4 Å². The van der Waals surface area contributed by atoms with Crippen LogP contribution in [-0.4, -0.2) is 61.0 Å². The molecule has 2 fully saturated rings. The second-order valence-corrected chi connectivity index (χ2v) is 8.85. The summed E-state index contributed by atoms with van der Waals surface area (Å²) >= 11 is 0. The van der Waals surface area contributed by atoms with E-state index in [-0.39, 0.29) is 5.92 Å². The molecule has 160 valence electrons. The van der Waals surface area contributed by atoms with E-state index >= 15 is 0 Å². The number of hydrogen-bond donors (Lipinski definition) is 0. The molecule has 0 bridgehead atoms. The minimum atomic E-state index is 0.152. The van der Waals surface area contributed by atoms with Crippen molar-refractivity contribution in [3.8, 4) is 0 Å². The highest BCUT2D eigenvalue weighted by Gasteiger charge is 2.31. The van der Waals surface area contributed by atoms with Crippen LogP contribution >= 0.6 is 0 Å². The molecular weight excluding hydrogens is 374 g/mol. The Kier molecular flexibility index (Phi) is 6.50. The van der Waals surface area contributed by atoms with Crippen LogP contribution in [0.1, 0.15) is 31.2 Å². The first-order chi connectivity index (χ1) is 14.6. The summed E-state index contributed by atoms with van der Waals surface area (Å²) in [5.74, 6) is 2.15. The van der Waals surface area contributed by atoms with Crippen molar-refractivity contribution in [1.82, 2.24) is 14.9 Å². The number of piperidine rings is 2. The van der Waals surface area contributed by atoms with Gasteiger partial charge in [0.05, 0.1) is 11.9 Å². The standard InChI is InChI=1S/C24H33N5O/c1-27(2)23-22(17-25-18-26-23)28-14-10-21(11-15-28)24(30)29-12-8-20(9-13-29)16-19-6-4-3-5-7-19/h3-7,17-18,20-21H,8-16H2,1-2H3. The third-order valence-corrected chi connectivity index (χ3v) is 6.57. The van der Waals surface area contributed by atoms with Crippen LogP contribution in [0.25, 0.3) is 0 Å². The summed E-state index contributed by atoms with van der Waals surface area (Å²) in [5.41, 5.74) is 2.48. The Bertz CT molecular complexity index is 824. The molecule has 30 heavy (non-hydrogen) atoms. The monoisotopic (exact) mass is 407 g/mol. The number of rotatable bonds is 5. The van der Waals surface area contributed by atoms with Crippen molar-refractivity contribution < 1.29 is 4.79 Å². The summed E-state index contributed by atoms with van der Waals surface area (Å²) in [5, 5.41) is 0. The van der Waals surface area contributed by atoms with Crippen molar-refractivity contribution in [3.63, 3.8) is 0 Å². The van der Waals surface area contributed by atoms with E-state index < -0.39 is 0 Å². The zero-order valence-electron chi connectivity index (χ0n) is 18.2. The molecule has 1 aromatic carbocycles. The highest BCUT2D eigenvalue weighted by molar-refractivity contribution is 5.79. The number of aromatic nitrogens is 2. The lowest BCUT2D eigenvalue weighted by atomic mass is 9.88. The Morgan fingerprint density at radius 1 is 1.03 bits per heavy atom. The highest BCUT2D eigenvalue weighted by atomic mass is 16.2. The third-order valence-electron chi connectivity index (χ3n) is 6.57. The molecule has 2 aromatic rings. The Morgan fingerprint density at radius 2 is 1.73 bits per heavy atom. The van der Waals surface area contributed by atoms with Gasteiger partial charge in [-0.1, -0.05) is 30.3 Å². The molecule has 6 heteroatoms. The zero-order chi connectivity index (χ0) is 20.9. The van der Waals surface area contributed by atoms with Crippen LogP contribution in [0.15, 0.2) is 42.9 Å². The number of carbonyl (C=O) groups excluding carboxylic acids is 1. The summed E-state index contributed by atoms with van der Waals surface area (Å²) in [6.07, 6.45) is 8.67. The molecule has 1 amide bonds. The normalized spacial score (nSPS) is 18.5. The van der Waals surface area contributed by atoms with Crippen LogP contribution in [0.2, 0.25) is 0 Å². The molecule has 0 saturated carbocycles. The predicted molar refractivity (Wildman–Crippen MR) is 121 cm³/mol. The van der Waals surface area contributed by atoms with E-state index in [2.05, 4.69) is 50.1 Å². The fourth-order valence-corrected chi connectivity index (χ4v) is 4.81. The lowest BCUT2D eigenvalue weighted by molar-refractivity contribution is -0.137. The number of amides is 1. The maximum atomic E-state index is 13.1. The average molecular weight is 408 g/mol. The van der Waals surface area contributed by atoms with Crippen molar-refractivity contribution in [2.24, 2.45) is 11.8 Å². The van der Waals surface area contributed by atoms with E-state index in [4.69, 9.17) is 0 Å². The molecule has 1 aromatic heterocycles. The zero-order valence-corrected chi connectivity index (χ0v) is 18.2. The van der Waals surface area contributed by atoms with Gasteiger partial charge in [-0.3, -0.25) is 4.79 Å². The second kappa shape index (κ2) is 9.45. The lowest BCUT2D eigenvalue weighted by Gasteiger charge is -2.38. The molecule has 2 aliphatic rings. The summed E-state index contributed by atoms with van der Waals surface area (Å²) < 4.78 is 0. The van der Waals surface area contributed by atoms with Crippen LogP contribution in [0.4, 0.5) is 11.5 Å². The van der Waals surface area contributed by atoms with Gasteiger partial charge < -0.3 is 14.7 Å². The first kappa shape index (κ1) is 20.6. The lowest BCUT2D eigenvalue weighted by Crippen LogP contribution is -2.45. The van der Waals surface area contributed by atoms with Crippen molar-refractivity contribution in [3.05, 3.63) is 48.4 Å². The first-order valence-electron chi connectivity index (χ1n) is 11.2. The van der Waals surface area contributed by atoms with Gasteiger partial charge in [0, 0.05) is 46.2 Å². The van der Waals surface area contributed by atoms with E-state index in [1.165, 1.54) is 5.56 Å². The van der Waals surface area contributed by atoms with Crippen molar-refractivity contribution in [1.29, 1.82) is 0 Å². The average Bonchev–Trinajstić information content (AvgIpc) is 2.80. The smallest absolute Gasteiger partial charge is 0.225 e. The molecule has 0 unspecified atom stereocenters. The predicted octanol–water partition coefficient (Wildman–Crippen LogP) is 3.24. The van der Waals surface area contributed by atoms with Gasteiger partial charge in [-0.25, -0.2) is 9.97 Å². The van der Waals surface area contributed by atoms with Crippen LogP contribution in [-0.2, 0) is 11.2 Å². The molecule has 6 nitrogen and oxygen atoms in total. The van der Waals surface area contributed by atoms with Crippen LogP contribution in [0.3, 0.4) is 0 Å². The third kappa shape index (κ3) is 4.74. The summed E-state index contributed by atoms with van der Waals surface area (Å²) in [7, 11) is 4.01. The maximum absolute atomic E-state index is 13.1. The molecule has 0 atom stereocenters. The summed E-state index contributed by atoms with van der Waals surface area (Å²) in [6.45, 7) is 3.59. The number of nitrogens with zero attached hydrogens (tertiary/aromatic N) is 5. The minimum absolute atomic E-state index is 0.152. The first-order valence-corrected chi connectivity index (χ1v) is 11.2. The highest BCUT2D eigenvalue weighted by Crippen LogP contribution is 2.30. The number of likely N-dealkylation sites (tertiary alicyclic amines) is 1. The Hall–Kier alpha value is -2.63. The largest absolute Gasteiger partial charge is 0.367 e. The van der Waals surface area contributed by atoms with Crippen molar-refractivity contribution in [2.75, 3.05) is 50.1 Å². The second-order valence-electron chi connectivity index (χ2n) is 8.85. The van der Waals surface area contributed by atoms with E-state index in [0.29, 0.717) is 11.8 Å². The number of anilines is 2. The van der Waals surface area contributed by atoms with Gasteiger partial charge in [0.1, 0.15) is 6.33 Å². The molecule has 2 aliphatic heterocycles. The molecule has 3 heterocycles. The Labute approximate surface area is 179 Å². The van der Waals surface area contributed by atoms with E-state index in [0.717, 1.165) is 69.8 Å². The molecule has 0 spiro atoms. The SMILES string of the molecule is CN(C)c1ncncc1N1CCC(C(=O)N2CCC(Cc3ccccc3)CC2)CC1. The maximum Gasteiger partial charge on any atom is 0.225 e. The topological polar surface area (TPSA) is 52.6 Å². The Balaban J connectivity index is 1.27. The molecule has 0 N–H and O–H groups in total. The van der Waals surface area contributed by atoms with Gasteiger partial charge in [0.15, 0.2) is 5.82 Å². The van der Waals surface area contributed by atoms with E-state index in [1.807, 2.05) is 25.2 Å². The van der Waals surface area contributed by atoms with Crippen molar-refractivity contribution in [2.45, 2.75) is 32.1 Å². The van der Waals surface area contributed by atoms with Gasteiger partial charge in [-0.15, -0.1) is 0 Å². The van der Waals surface area contributed by atoms with Gasteiger partial charge in [0.25, 0.3) is 0 Å². The quantitative estimate of drug-likeness (QED) is 0.762. The molecule has 2 saturated heterocycles. The summed E-state index contributed by atoms with van der Waals surface area (Å²) in [6, 6.07) is 10.7. The molecular formula is C24H33N5O. The fourth-order valence-electron chi connectivity index (χ4n) is 4.81.